The first-order valence-corrected chi connectivity index (χ1v) is 5.99. The predicted molar refractivity (Wildman–Crippen MR) is 64.9 cm³/mol. The van der Waals surface area contributed by atoms with E-state index in [1.54, 1.807) is 5.43 Å². The number of nitrogens with two attached hydrogens (primary N) is 1. The molecule has 1 aromatic rings. The van der Waals surface area contributed by atoms with E-state index in [0.717, 1.165) is 17.0 Å². The van der Waals surface area contributed by atoms with Gasteiger partial charge in [0.05, 0.1) is 12.1 Å². The molecule has 1 fully saturated rings. The van der Waals surface area contributed by atoms with E-state index < -0.39 is 42.2 Å². The van der Waals surface area contributed by atoms with Gasteiger partial charge in [-0.15, -0.1) is 0 Å². The summed E-state index contributed by atoms with van der Waals surface area (Å²) in [5, 5.41) is 0. The Morgan fingerprint density at radius 1 is 1.33 bits per heavy atom. The Balaban J connectivity index is 2.47. The first-order valence-electron chi connectivity index (χ1n) is 5.99. The average Bonchev–Trinajstić information content (AvgIpc) is 2.76. The lowest BCUT2D eigenvalue weighted by Crippen LogP contribution is -2.31. The van der Waals surface area contributed by atoms with Crippen molar-refractivity contribution in [2.24, 2.45) is 5.84 Å². The highest BCUT2D eigenvalue weighted by Gasteiger charge is 2.42. The van der Waals surface area contributed by atoms with E-state index in [2.05, 4.69) is 0 Å². The number of alkyl halides is 5. The molecule has 1 aliphatic heterocycles. The molecule has 1 saturated heterocycles. The second-order valence-electron chi connectivity index (χ2n) is 4.73. The van der Waals surface area contributed by atoms with E-state index in [-0.39, 0.29) is 12.1 Å². The van der Waals surface area contributed by atoms with Crippen molar-refractivity contribution in [3.8, 4) is 0 Å². The number of hydrazine groups is 1. The highest BCUT2D eigenvalue weighted by atomic mass is 19.4. The van der Waals surface area contributed by atoms with Crippen LogP contribution in [0.2, 0.25) is 0 Å². The van der Waals surface area contributed by atoms with Crippen LogP contribution in [0.3, 0.4) is 0 Å². The number of carbonyl (C=O) groups is 1. The standard InChI is InChI=1S/C12H12F5N3O/c13-11(14)3-4-20(6-11)9-5-7(10(21)19-18)1-2-8(9)12(15,16)17/h1-2,5H,3-4,6,18H2,(H,19,21). The fraction of sp³-hybridized carbons (Fsp3) is 0.417. The van der Waals surface area contributed by atoms with Crippen molar-refractivity contribution in [3.05, 3.63) is 29.3 Å². The van der Waals surface area contributed by atoms with Crippen molar-refractivity contribution in [2.45, 2.75) is 18.5 Å². The quantitative estimate of drug-likeness (QED) is 0.381. The van der Waals surface area contributed by atoms with Gasteiger partial charge in [0, 0.05) is 24.2 Å². The van der Waals surface area contributed by atoms with Gasteiger partial charge in [0.15, 0.2) is 0 Å². The second-order valence-corrected chi connectivity index (χ2v) is 4.73. The summed E-state index contributed by atoms with van der Waals surface area (Å²) in [5.74, 6) is 1.08. The third kappa shape index (κ3) is 3.23. The van der Waals surface area contributed by atoms with Crippen LogP contribution in [0.4, 0.5) is 27.6 Å². The lowest BCUT2D eigenvalue weighted by atomic mass is 10.1. The van der Waals surface area contributed by atoms with Crippen LogP contribution >= 0.6 is 0 Å². The summed E-state index contributed by atoms with van der Waals surface area (Å²) in [7, 11) is 0. The van der Waals surface area contributed by atoms with Gasteiger partial charge in [-0.05, 0) is 18.2 Å². The van der Waals surface area contributed by atoms with Crippen LogP contribution in [0.5, 0.6) is 0 Å². The van der Waals surface area contributed by atoms with Crippen molar-refractivity contribution < 1.29 is 26.7 Å². The SMILES string of the molecule is NNC(=O)c1ccc(C(F)(F)F)c(N2CCC(F)(F)C2)c1. The number of anilines is 1. The van der Waals surface area contributed by atoms with E-state index in [1.165, 1.54) is 0 Å². The van der Waals surface area contributed by atoms with Crippen LogP contribution in [0.25, 0.3) is 0 Å². The van der Waals surface area contributed by atoms with E-state index in [4.69, 9.17) is 5.84 Å². The summed E-state index contributed by atoms with van der Waals surface area (Å²) in [6.07, 6.45) is -5.23. The van der Waals surface area contributed by atoms with Crippen molar-refractivity contribution >= 4 is 11.6 Å². The van der Waals surface area contributed by atoms with Gasteiger partial charge in [-0.2, -0.15) is 13.2 Å². The van der Waals surface area contributed by atoms with Crippen LogP contribution in [-0.2, 0) is 6.18 Å². The molecule has 116 valence electrons. The molecular weight excluding hydrogens is 297 g/mol. The van der Waals surface area contributed by atoms with Gasteiger partial charge in [0.25, 0.3) is 11.8 Å². The molecule has 0 aromatic heterocycles. The predicted octanol–water partition coefficient (Wildman–Crippen LogP) is 2.15. The smallest absolute Gasteiger partial charge is 0.365 e. The van der Waals surface area contributed by atoms with Crippen LogP contribution in [0.15, 0.2) is 18.2 Å². The molecule has 1 aromatic carbocycles. The summed E-state index contributed by atoms with van der Waals surface area (Å²) < 4.78 is 65.3. The maximum Gasteiger partial charge on any atom is 0.418 e. The van der Waals surface area contributed by atoms with Crippen molar-refractivity contribution in [3.63, 3.8) is 0 Å². The fourth-order valence-electron chi connectivity index (χ4n) is 2.20. The summed E-state index contributed by atoms with van der Waals surface area (Å²) in [6, 6.07) is 2.56. The monoisotopic (exact) mass is 309 g/mol. The molecule has 1 aliphatic rings. The van der Waals surface area contributed by atoms with Crippen LogP contribution in [0, 0.1) is 0 Å². The van der Waals surface area contributed by atoms with Crippen LogP contribution in [0.1, 0.15) is 22.3 Å². The molecule has 9 heteroatoms. The Morgan fingerprint density at radius 2 is 2.00 bits per heavy atom. The highest BCUT2D eigenvalue weighted by molar-refractivity contribution is 5.95. The first-order chi connectivity index (χ1) is 9.64. The lowest BCUT2D eigenvalue weighted by molar-refractivity contribution is -0.137. The number of benzene rings is 1. The van der Waals surface area contributed by atoms with Gasteiger partial charge in [-0.1, -0.05) is 0 Å². The molecule has 0 spiro atoms. The van der Waals surface area contributed by atoms with Crippen molar-refractivity contribution in [2.75, 3.05) is 18.0 Å². The van der Waals surface area contributed by atoms with Gasteiger partial charge in [0.1, 0.15) is 0 Å². The number of rotatable bonds is 2. The molecule has 0 radical (unpaired) electrons. The van der Waals surface area contributed by atoms with Gasteiger partial charge < -0.3 is 4.90 Å². The molecule has 1 amide bonds. The fourth-order valence-corrected chi connectivity index (χ4v) is 2.20. The summed E-state index contributed by atoms with van der Waals surface area (Å²) >= 11 is 0. The number of nitrogen functional groups attached to an aromatic ring is 1. The number of nitrogens with one attached hydrogen (secondary N) is 1. The largest absolute Gasteiger partial charge is 0.418 e. The van der Waals surface area contributed by atoms with Gasteiger partial charge >= 0.3 is 6.18 Å². The Labute approximate surface area is 116 Å². The third-order valence-corrected chi connectivity index (χ3v) is 3.21. The minimum Gasteiger partial charge on any atom is -0.365 e. The second kappa shape index (κ2) is 5.14. The Kier molecular flexibility index (Phi) is 3.79. The van der Waals surface area contributed by atoms with E-state index >= 15 is 0 Å². The topological polar surface area (TPSA) is 58.4 Å². The van der Waals surface area contributed by atoms with Crippen LogP contribution < -0.4 is 16.2 Å². The van der Waals surface area contributed by atoms with Gasteiger partial charge in [0.2, 0.25) is 0 Å². The molecular formula is C12H12F5N3O. The minimum atomic E-state index is -4.70. The number of nitrogens with zero attached hydrogens (tertiary/aromatic N) is 1. The zero-order chi connectivity index (χ0) is 15.8. The summed E-state index contributed by atoms with van der Waals surface area (Å²) in [4.78, 5) is 12.3. The number of carbonyl (C=O) groups excluding carboxylic acids is 1. The molecule has 4 nitrogen and oxygen atoms in total. The molecule has 2 rings (SSSR count). The Hall–Kier alpha value is -1.90. The molecule has 0 saturated carbocycles. The van der Waals surface area contributed by atoms with Crippen molar-refractivity contribution in [1.82, 2.24) is 5.43 Å². The summed E-state index contributed by atoms with van der Waals surface area (Å²) in [5.41, 5.74) is 0.153. The van der Waals surface area contributed by atoms with Gasteiger partial charge in [-0.25, -0.2) is 14.6 Å². The molecule has 0 atom stereocenters. The van der Waals surface area contributed by atoms with E-state index in [0.29, 0.717) is 6.07 Å². The number of hydrogen-bond donors (Lipinski definition) is 2. The first kappa shape index (κ1) is 15.5. The molecule has 21 heavy (non-hydrogen) atoms. The maximum absolute atomic E-state index is 13.2. The third-order valence-electron chi connectivity index (χ3n) is 3.21. The zero-order valence-electron chi connectivity index (χ0n) is 10.7. The number of amides is 1. The molecule has 0 bridgehead atoms. The number of hydrogen-bond acceptors (Lipinski definition) is 3. The van der Waals surface area contributed by atoms with Gasteiger partial charge in [-0.3, -0.25) is 10.2 Å². The minimum absolute atomic E-state index is 0.129. The highest BCUT2D eigenvalue weighted by Crippen LogP contribution is 2.40. The normalized spacial score (nSPS) is 17.9. The maximum atomic E-state index is 13.2. The molecule has 1 heterocycles. The Bertz CT molecular complexity index is 558. The average molecular weight is 309 g/mol. The zero-order valence-corrected chi connectivity index (χ0v) is 10.7. The van der Waals surface area contributed by atoms with Crippen molar-refractivity contribution in [1.29, 1.82) is 0 Å². The number of halogens is 5. The lowest BCUT2D eigenvalue weighted by Gasteiger charge is -2.23. The molecule has 0 aliphatic carbocycles. The molecule has 0 unspecified atom stereocenters. The van der Waals surface area contributed by atoms with E-state index in [1.807, 2.05) is 0 Å². The molecule has 3 N–H and O–H groups in total. The Morgan fingerprint density at radius 3 is 2.48 bits per heavy atom. The van der Waals surface area contributed by atoms with Crippen LogP contribution in [-0.4, -0.2) is 24.9 Å². The van der Waals surface area contributed by atoms with E-state index in [9.17, 15) is 26.7 Å². The summed E-state index contributed by atoms with van der Waals surface area (Å²) in [6.45, 7) is -1.03.